The Morgan fingerprint density at radius 3 is 2.29 bits per heavy atom. The number of halogens is 1. The van der Waals surface area contributed by atoms with Crippen LogP contribution < -0.4 is 0 Å². The summed E-state index contributed by atoms with van der Waals surface area (Å²) in [5.41, 5.74) is 2.33. The van der Waals surface area contributed by atoms with E-state index in [9.17, 15) is 0 Å². The standard InChI is InChI=1S/C15H15ClO/c1-12(14-5-3-2-4-6-14)17-11-13-7-9-15(16)10-8-13/h2-10,12H,11H2,1H3. The number of ether oxygens (including phenoxy) is 1. The largest absolute Gasteiger partial charge is 0.369 e. The number of hydrogen-bond donors (Lipinski definition) is 0. The normalized spacial score (nSPS) is 12.4. The van der Waals surface area contributed by atoms with Crippen LogP contribution in [0.3, 0.4) is 0 Å². The van der Waals surface area contributed by atoms with E-state index in [1.807, 2.05) is 42.5 Å². The third kappa shape index (κ3) is 3.58. The van der Waals surface area contributed by atoms with Crippen molar-refractivity contribution in [3.8, 4) is 0 Å². The number of rotatable bonds is 4. The van der Waals surface area contributed by atoms with E-state index >= 15 is 0 Å². The van der Waals surface area contributed by atoms with Gasteiger partial charge < -0.3 is 4.74 Å². The molecule has 0 aliphatic carbocycles. The van der Waals surface area contributed by atoms with Gasteiger partial charge in [0, 0.05) is 5.02 Å². The third-order valence-corrected chi connectivity index (χ3v) is 2.93. The van der Waals surface area contributed by atoms with Crippen molar-refractivity contribution in [2.24, 2.45) is 0 Å². The van der Waals surface area contributed by atoms with E-state index in [0.717, 1.165) is 10.6 Å². The molecule has 2 aromatic carbocycles. The molecule has 0 aliphatic heterocycles. The van der Waals surface area contributed by atoms with Gasteiger partial charge in [0.25, 0.3) is 0 Å². The fourth-order valence-electron chi connectivity index (χ4n) is 1.62. The first-order chi connectivity index (χ1) is 8.25. The number of hydrogen-bond acceptors (Lipinski definition) is 1. The molecule has 1 nitrogen and oxygen atoms in total. The van der Waals surface area contributed by atoms with E-state index < -0.39 is 0 Å². The Morgan fingerprint density at radius 1 is 1.00 bits per heavy atom. The number of benzene rings is 2. The maximum absolute atomic E-state index is 5.83. The first kappa shape index (κ1) is 12.2. The van der Waals surface area contributed by atoms with Crippen LogP contribution in [0.5, 0.6) is 0 Å². The van der Waals surface area contributed by atoms with E-state index in [0.29, 0.717) is 6.61 Å². The van der Waals surface area contributed by atoms with E-state index in [2.05, 4.69) is 19.1 Å². The first-order valence-corrected chi connectivity index (χ1v) is 6.04. The molecule has 17 heavy (non-hydrogen) atoms. The molecule has 2 aromatic rings. The van der Waals surface area contributed by atoms with Crippen LogP contribution >= 0.6 is 11.6 Å². The highest BCUT2D eigenvalue weighted by molar-refractivity contribution is 6.30. The van der Waals surface area contributed by atoms with Gasteiger partial charge in [-0.05, 0) is 30.2 Å². The highest BCUT2D eigenvalue weighted by Gasteiger charge is 2.04. The van der Waals surface area contributed by atoms with Crippen LogP contribution in [0.25, 0.3) is 0 Å². The van der Waals surface area contributed by atoms with E-state index in [1.54, 1.807) is 0 Å². The van der Waals surface area contributed by atoms with E-state index in [4.69, 9.17) is 16.3 Å². The van der Waals surface area contributed by atoms with Gasteiger partial charge in [-0.15, -0.1) is 0 Å². The molecule has 88 valence electrons. The summed E-state index contributed by atoms with van der Waals surface area (Å²) in [6, 6.07) is 17.9. The monoisotopic (exact) mass is 246 g/mol. The third-order valence-electron chi connectivity index (χ3n) is 2.68. The van der Waals surface area contributed by atoms with Crippen LogP contribution in [0.15, 0.2) is 54.6 Å². The Balaban J connectivity index is 1.92. The molecule has 0 N–H and O–H groups in total. The maximum Gasteiger partial charge on any atom is 0.0801 e. The van der Waals surface area contributed by atoms with Gasteiger partial charge in [-0.2, -0.15) is 0 Å². The average molecular weight is 247 g/mol. The lowest BCUT2D eigenvalue weighted by atomic mass is 10.1. The summed E-state index contributed by atoms with van der Waals surface area (Å²) >= 11 is 5.83. The van der Waals surface area contributed by atoms with Crippen molar-refractivity contribution in [3.05, 3.63) is 70.7 Å². The van der Waals surface area contributed by atoms with Crippen LogP contribution in [0.1, 0.15) is 24.2 Å². The van der Waals surface area contributed by atoms with E-state index in [1.165, 1.54) is 5.56 Å². The van der Waals surface area contributed by atoms with Crippen molar-refractivity contribution >= 4 is 11.6 Å². The van der Waals surface area contributed by atoms with Gasteiger partial charge in [0.15, 0.2) is 0 Å². The SMILES string of the molecule is CC(OCc1ccc(Cl)cc1)c1ccccc1. The molecule has 0 heterocycles. The van der Waals surface area contributed by atoms with Crippen LogP contribution in [0.4, 0.5) is 0 Å². The maximum atomic E-state index is 5.83. The van der Waals surface area contributed by atoms with Gasteiger partial charge in [-0.1, -0.05) is 54.1 Å². The Kier molecular flexibility index (Phi) is 4.18. The highest BCUT2D eigenvalue weighted by atomic mass is 35.5. The average Bonchev–Trinajstić information content (AvgIpc) is 2.39. The zero-order chi connectivity index (χ0) is 12.1. The van der Waals surface area contributed by atoms with Crippen molar-refractivity contribution < 1.29 is 4.74 Å². The molecule has 0 spiro atoms. The molecule has 0 aromatic heterocycles. The van der Waals surface area contributed by atoms with Crippen LogP contribution in [0, 0.1) is 0 Å². The van der Waals surface area contributed by atoms with E-state index in [-0.39, 0.29) is 6.10 Å². The van der Waals surface area contributed by atoms with Crippen LogP contribution in [-0.2, 0) is 11.3 Å². The molecule has 0 fully saturated rings. The van der Waals surface area contributed by atoms with Crippen molar-refractivity contribution in [1.29, 1.82) is 0 Å². The zero-order valence-electron chi connectivity index (χ0n) is 9.77. The molecule has 0 saturated carbocycles. The fraction of sp³-hybridized carbons (Fsp3) is 0.200. The van der Waals surface area contributed by atoms with Gasteiger partial charge in [0.05, 0.1) is 12.7 Å². The lowest BCUT2D eigenvalue weighted by molar-refractivity contribution is 0.0525. The first-order valence-electron chi connectivity index (χ1n) is 5.66. The molecule has 0 bridgehead atoms. The molecule has 0 saturated heterocycles. The summed E-state index contributed by atoms with van der Waals surface area (Å²) in [5, 5.41) is 0.754. The highest BCUT2D eigenvalue weighted by Crippen LogP contribution is 2.18. The fourth-order valence-corrected chi connectivity index (χ4v) is 1.75. The Hall–Kier alpha value is -1.31. The van der Waals surface area contributed by atoms with Gasteiger partial charge in [0.2, 0.25) is 0 Å². The predicted molar refractivity (Wildman–Crippen MR) is 71.1 cm³/mol. The van der Waals surface area contributed by atoms with Gasteiger partial charge in [0.1, 0.15) is 0 Å². The predicted octanol–water partition coefficient (Wildman–Crippen LogP) is 4.62. The summed E-state index contributed by atoms with van der Waals surface area (Å²) in [7, 11) is 0. The van der Waals surface area contributed by atoms with Gasteiger partial charge >= 0.3 is 0 Å². The smallest absolute Gasteiger partial charge is 0.0801 e. The second-order valence-corrected chi connectivity index (χ2v) is 4.43. The quantitative estimate of drug-likeness (QED) is 0.765. The topological polar surface area (TPSA) is 9.23 Å². The van der Waals surface area contributed by atoms with Crippen LogP contribution in [-0.4, -0.2) is 0 Å². The molecule has 0 radical (unpaired) electrons. The summed E-state index contributed by atoms with van der Waals surface area (Å²) < 4.78 is 5.81. The zero-order valence-corrected chi connectivity index (χ0v) is 10.5. The second-order valence-electron chi connectivity index (χ2n) is 3.99. The minimum absolute atomic E-state index is 0.104. The molecular formula is C15H15ClO. The lowest BCUT2D eigenvalue weighted by Crippen LogP contribution is -2.00. The summed E-state index contributed by atoms with van der Waals surface area (Å²) in [5.74, 6) is 0. The molecule has 1 unspecified atom stereocenters. The lowest BCUT2D eigenvalue weighted by Gasteiger charge is -2.13. The second kappa shape index (κ2) is 5.85. The summed E-state index contributed by atoms with van der Waals surface area (Å²) in [4.78, 5) is 0. The minimum Gasteiger partial charge on any atom is -0.369 e. The van der Waals surface area contributed by atoms with Crippen molar-refractivity contribution in [2.45, 2.75) is 19.6 Å². The van der Waals surface area contributed by atoms with Gasteiger partial charge in [-0.3, -0.25) is 0 Å². The molecule has 2 heteroatoms. The van der Waals surface area contributed by atoms with Gasteiger partial charge in [-0.25, -0.2) is 0 Å². The Bertz CT molecular complexity index is 450. The summed E-state index contributed by atoms with van der Waals surface area (Å²) in [6.45, 7) is 2.67. The Labute approximate surface area is 107 Å². The summed E-state index contributed by atoms with van der Waals surface area (Å²) in [6.07, 6.45) is 0.104. The van der Waals surface area contributed by atoms with Crippen molar-refractivity contribution in [3.63, 3.8) is 0 Å². The molecule has 2 rings (SSSR count). The van der Waals surface area contributed by atoms with Crippen LogP contribution in [0.2, 0.25) is 5.02 Å². The van der Waals surface area contributed by atoms with Crippen molar-refractivity contribution in [2.75, 3.05) is 0 Å². The minimum atomic E-state index is 0.104. The molecule has 1 atom stereocenters. The molecule has 0 aliphatic rings. The Morgan fingerprint density at radius 2 is 1.65 bits per heavy atom. The van der Waals surface area contributed by atoms with Crippen molar-refractivity contribution in [1.82, 2.24) is 0 Å². The molecule has 0 amide bonds. The molecular weight excluding hydrogens is 232 g/mol.